The maximum Gasteiger partial charge on any atom is 0.235 e. The number of fused-ring (bicyclic) bond motifs is 1. The molecule has 0 fully saturated rings. The molecule has 0 amide bonds. The Morgan fingerprint density at radius 2 is 2.06 bits per heavy atom. The molecule has 0 bridgehead atoms. The van der Waals surface area contributed by atoms with Crippen LogP contribution in [-0.2, 0) is 0 Å². The lowest BCUT2D eigenvalue weighted by molar-refractivity contribution is 0.101. The van der Waals surface area contributed by atoms with E-state index in [9.17, 15) is 4.79 Å². The first-order valence-corrected chi connectivity index (χ1v) is 5.76. The minimum Gasteiger partial charge on any atom is -0.496 e. The molecule has 0 saturated carbocycles. The SMILES string of the molecule is COc1cccc2c1C(=O)/C(=C/C1C=CC=C1)O2. The van der Waals surface area contributed by atoms with Gasteiger partial charge in [-0.2, -0.15) is 0 Å². The topological polar surface area (TPSA) is 35.5 Å². The van der Waals surface area contributed by atoms with Gasteiger partial charge < -0.3 is 9.47 Å². The van der Waals surface area contributed by atoms with Crippen LogP contribution in [0.25, 0.3) is 0 Å². The molecule has 0 spiro atoms. The fourth-order valence-electron chi connectivity index (χ4n) is 2.12. The molecule has 3 nitrogen and oxygen atoms in total. The van der Waals surface area contributed by atoms with E-state index in [2.05, 4.69) is 0 Å². The van der Waals surface area contributed by atoms with Gasteiger partial charge in [0.15, 0.2) is 5.76 Å². The van der Waals surface area contributed by atoms with Crippen LogP contribution in [0.5, 0.6) is 11.5 Å². The van der Waals surface area contributed by atoms with Crippen LogP contribution < -0.4 is 9.47 Å². The zero-order chi connectivity index (χ0) is 12.5. The summed E-state index contributed by atoms with van der Waals surface area (Å²) in [6.07, 6.45) is 9.74. The second-order valence-electron chi connectivity index (χ2n) is 4.14. The molecule has 3 rings (SSSR count). The van der Waals surface area contributed by atoms with Crippen molar-refractivity contribution in [2.24, 2.45) is 5.92 Å². The first-order valence-electron chi connectivity index (χ1n) is 5.76. The van der Waals surface area contributed by atoms with E-state index in [1.54, 1.807) is 19.2 Å². The zero-order valence-corrected chi connectivity index (χ0v) is 9.92. The molecule has 3 heteroatoms. The van der Waals surface area contributed by atoms with Crippen LogP contribution in [-0.4, -0.2) is 12.9 Å². The zero-order valence-electron chi connectivity index (χ0n) is 9.92. The van der Waals surface area contributed by atoms with Crippen molar-refractivity contribution in [3.63, 3.8) is 0 Å². The average Bonchev–Trinajstić information content (AvgIpc) is 2.99. The Bertz CT molecular complexity index is 582. The molecule has 1 aliphatic carbocycles. The quantitative estimate of drug-likeness (QED) is 0.746. The number of ketones is 1. The minimum absolute atomic E-state index is 0.115. The van der Waals surface area contributed by atoms with Gasteiger partial charge in [0.05, 0.1) is 7.11 Å². The highest BCUT2D eigenvalue weighted by molar-refractivity contribution is 6.14. The van der Waals surface area contributed by atoms with Gasteiger partial charge in [0.2, 0.25) is 5.78 Å². The standard InChI is InChI=1S/C15H12O3/c1-17-11-7-4-8-12-14(11)15(16)13(18-12)9-10-5-2-3-6-10/h2-10H,1H3/b13-9-. The van der Waals surface area contributed by atoms with Gasteiger partial charge in [-0.3, -0.25) is 4.79 Å². The number of rotatable bonds is 2. The molecule has 2 aliphatic rings. The van der Waals surface area contributed by atoms with Gasteiger partial charge in [-0.1, -0.05) is 30.4 Å². The van der Waals surface area contributed by atoms with Crippen LogP contribution in [0, 0.1) is 5.92 Å². The van der Waals surface area contributed by atoms with Crippen molar-refractivity contribution in [3.05, 3.63) is 59.9 Å². The molecule has 0 N–H and O–H groups in total. The second kappa shape index (κ2) is 4.18. The van der Waals surface area contributed by atoms with Crippen LogP contribution in [0.15, 0.2) is 54.3 Å². The Morgan fingerprint density at radius 1 is 1.28 bits per heavy atom. The third kappa shape index (κ3) is 1.64. The first kappa shape index (κ1) is 10.8. The summed E-state index contributed by atoms with van der Waals surface area (Å²) in [6.45, 7) is 0. The number of carbonyl (C=O) groups excluding carboxylic acids is 1. The van der Waals surface area contributed by atoms with E-state index in [-0.39, 0.29) is 11.7 Å². The average molecular weight is 240 g/mol. The van der Waals surface area contributed by atoms with Gasteiger partial charge >= 0.3 is 0 Å². The van der Waals surface area contributed by atoms with Crippen molar-refractivity contribution in [2.75, 3.05) is 7.11 Å². The molecular weight excluding hydrogens is 228 g/mol. The lowest BCUT2D eigenvalue weighted by atomic mass is 10.1. The number of allylic oxidation sites excluding steroid dienone is 6. The summed E-state index contributed by atoms with van der Waals surface area (Å²) in [6, 6.07) is 5.35. The third-order valence-electron chi connectivity index (χ3n) is 3.00. The molecule has 0 radical (unpaired) electrons. The fraction of sp³-hybridized carbons (Fsp3) is 0.133. The van der Waals surface area contributed by atoms with Crippen LogP contribution in [0.1, 0.15) is 10.4 Å². The normalized spacial score (nSPS) is 19.4. The number of carbonyl (C=O) groups is 1. The number of methoxy groups -OCH3 is 1. The molecule has 90 valence electrons. The van der Waals surface area contributed by atoms with Crippen molar-refractivity contribution in [3.8, 4) is 11.5 Å². The number of ether oxygens (including phenoxy) is 2. The predicted octanol–water partition coefficient (Wildman–Crippen LogP) is 2.90. The van der Waals surface area contributed by atoms with E-state index in [4.69, 9.17) is 9.47 Å². The largest absolute Gasteiger partial charge is 0.496 e. The maximum atomic E-state index is 12.2. The molecule has 1 aromatic carbocycles. The Labute approximate surface area is 105 Å². The summed E-state index contributed by atoms with van der Waals surface area (Å²) in [5, 5.41) is 0. The van der Waals surface area contributed by atoms with Crippen LogP contribution >= 0.6 is 0 Å². The lowest BCUT2D eigenvalue weighted by Gasteiger charge is -2.02. The number of benzene rings is 1. The molecular formula is C15H12O3. The third-order valence-corrected chi connectivity index (χ3v) is 3.00. The number of hydrogen-bond donors (Lipinski definition) is 0. The van der Waals surface area contributed by atoms with E-state index in [1.165, 1.54) is 0 Å². The van der Waals surface area contributed by atoms with Gasteiger partial charge in [0.1, 0.15) is 17.1 Å². The van der Waals surface area contributed by atoms with E-state index in [0.717, 1.165) is 0 Å². The van der Waals surface area contributed by atoms with E-state index in [1.807, 2.05) is 36.4 Å². The fourth-order valence-corrected chi connectivity index (χ4v) is 2.12. The summed E-state index contributed by atoms with van der Waals surface area (Å²) in [4.78, 5) is 12.2. The maximum absolute atomic E-state index is 12.2. The molecule has 1 aliphatic heterocycles. The highest BCUT2D eigenvalue weighted by atomic mass is 16.5. The van der Waals surface area contributed by atoms with Crippen molar-refractivity contribution < 1.29 is 14.3 Å². The summed E-state index contributed by atoms with van der Waals surface area (Å²) >= 11 is 0. The Kier molecular flexibility index (Phi) is 2.52. The molecule has 0 saturated heterocycles. The molecule has 1 heterocycles. The molecule has 0 atom stereocenters. The monoisotopic (exact) mass is 240 g/mol. The summed E-state index contributed by atoms with van der Waals surface area (Å²) in [5.41, 5.74) is 0.511. The smallest absolute Gasteiger partial charge is 0.235 e. The van der Waals surface area contributed by atoms with Gasteiger partial charge in [-0.05, 0) is 18.2 Å². The van der Waals surface area contributed by atoms with Crippen molar-refractivity contribution in [1.29, 1.82) is 0 Å². The Balaban J connectivity index is 1.99. The molecule has 18 heavy (non-hydrogen) atoms. The Hall–Kier alpha value is -2.29. The van der Waals surface area contributed by atoms with Gasteiger partial charge in [-0.25, -0.2) is 0 Å². The van der Waals surface area contributed by atoms with Crippen LogP contribution in [0.2, 0.25) is 0 Å². The number of hydrogen-bond acceptors (Lipinski definition) is 3. The van der Waals surface area contributed by atoms with E-state index in [0.29, 0.717) is 22.8 Å². The highest BCUT2D eigenvalue weighted by Gasteiger charge is 2.31. The summed E-state index contributed by atoms with van der Waals surface area (Å²) in [5.74, 6) is 1.51. The lowest BCUT2D eigenvalue weighted by Crippen LogP contribution is -2.02. The van der Waals surface area contributed by atoms with Crippen molar-refractivity contribution >= 4 is 5.78 Å². The molecule has 0 unspecified atom stereocenters. The Morgan fingerprint density at radius 3 is 2.78 bits per heavy atom. The van der Waals surface area contributed by atoms with Crippen molar-refractivity contribution in [2.45, 2.75) is 0 Å². The van der Waals surface area contributed by atoms with Gasteiger partial charge in [-0.15, -0.1) is 0 Å². The first-order chi connectivity index (χ1) is 8.79. The summed E-state index contributed by atoms with van der Waals surface area (Å²) < 4.78 is 10.8. The van der Waals surface area contributed by atoms with Crippen molar-refractivity contribution in [1.82, 2.24) is 0 Å². The minimum atomic E-state index is -0.115. The number of Topliss-reactive ketones (excluding diaryl/α,β-unsaturated/α-hetero) is 1. The second-order valence-corrected chi connectivity index (χ2v) is 4.14. The molecule has 0 aromatic heterocycles. The van der Waals surface area contributed by atoms with Crippen LogP contribution in [0.3, 0.4) is 0 Å². The van der Waals surface area contributed by atoms with Gasteiger partial charge in [0, 0.05) is 5.92 Å². The summed E-state index contributed by atoms with van der Waals surface area (Å²) in [7, 11) is 1.55. The highest BCUT2D eigenvalue weighted by Crippen LogP contribution is 2.37. The predicted molar refractivity (Wildman–Crippen MR) is 67.8 cm³/mol. The van der Waals surface area contributed by atoms with Gasteiger partial charge in [0.25, 0.3) is 0 Å². The van der Waals surface area contributed by atoms with Crippen LogP contribution in [0.4, 0.5) is 0 Å². The molecule has 1 aromatic rings. The van der Waals surface area contributed by atoms with E-state index < -0.39 is 0 Å². The van der Waals surface area contributed by atoms with E-state index >= 15 is 0 Å².